The number of hydrogen-bond donors (Lipinski definition) is 4. The highest BCUT2D eigenvalue weighted by Gasteiger charge is 2.34. The second kappa shape index (κ2) is 14.2. The number of likely N-dealkylation sites (tertiary alicyclic amines) is 1. The lowest BCUT2D eigenvalue weighted by Crippen LogP contribution is -2.52. The summed E-state index contributed by atoms with van der Waals surface area (Å²) >= 11 is 0. The maximum atomic E-state index is 15.4. The average molecular weight is 628 g/mol. The standard InChI is InChI=1S/C33H35F2N9O2/c1-19-26(7-4-14-44(19)33(46)22(17-36)6-3-2-5-20-8-9-20)42-31-28(30(38)40-18-41-31)29(37)24-11-10-21(15-25(24)35)32(45)43-27-16-23(34)12-13-39-27/h6,10-13,15-16,18-20,26,37H,2-5,7-9,14H2,1H3,(H,39,43,45)(H3,38,40,41,42)/b22-6+,37-29?/t19-,26-/m1/s1. The van der Waals surface area contributed by atoms with Gasteiger partial charge < -0.3 is 21.3 Å². The molecule has 2 atom stereocenters. The molecule has 5 rings (SSSR count). The van der Waals surface area contributed by atoms with E-state index in [1.807, 2.05) is 6.92 Å². The van der Waals surface area contributed by atoms with Gasteiger partial charge in [0.15, 0.2) is 0 Å². The number of nitrogens with two attached hydrogens (primary N) is 1. The predicted molar refractivity (Wildman–Crippen MR) is 169 cm³/mol. The molecule has 0 bridgehead atoms. The van der Waals surface area contributed by atoms with Gasteiger partial charge in [0, 0.05) is 42.0 Å². The first-order chi connectivity index (χ1) is 22.2. The van der Waals surface area contributed by atoms with Crippen LogP contribution >= 0.6 is 0 Å². The van der Waals surface area contributed by atoms with E-state index in [1.165, 1.54) is 37.5 Å². The van der Waals surface area contributed by atoms with Gasteiger partial charge in [0.1, 0.15) is 47.1 Å². The van der Waals surface area contributed by atoms with Crippen LogP contribution in [0.3, 0.4) is 0 Å². The van der Waals surface area contributed by atoms with Gasteiger partial charge in [0.05, 0.1) is 11.3 Å². The highest BCUT2D eigenvalue weighted by atomic mass is 19.1. The summed E-state index contributed by atoms with van der Waals surface area (Å²) in [6.07, 6.45) is 10.8. The van der Waals surface area contributed by atoms with Crippen LogP contribution in [0.5, 0.6) is 0 Å². The number of allylic oxidation sites excluding steroid dienone is 1. The van der Waals surface area contributed by atoms with Crippen LogP contribution in [-0.2, 0) is 4.79 Å². The Morgan fingerprint density at radius 3 is 2.70 bits per heavy atom. The van der Waals surface area contributed by atoms with E-state index in [-0.39, 0.29) is 63.4 Å². The summed E-state index contributed by atoms with van der Waals surface area (Å²) in [5.41, 5.74) is 5.85. The molecule has 238 valence electrons. The molecule has 0 radical (unpaired) electrons. The Morgan fingerprint density at radius 2 is 1.98 bits per heavy atom. The number of amides is 2. The van der Waals surface area contributed by atoms with Crippen molar-refractivity contribution in [3.8, 4) is 6.07 Å². The first kappa shape index (κ1) is 32.2. The molecule has 5 N–H and O–H groups in total. The quantitative estimate of drug-likeness (QED) is 0.0969. The minimum Gasteiger partial charge on any atom is -0.383 e. The van der Waals surface area contributed by atoms with Gasteiger partial charge in [-0.2, -0.15) is 5.26 Å². The summed E-state index contributed by atoms with van der Waals surface area (Å²) in [5, 5.41) is 24.3. The van der Waals surface area contributed by atoms with Gasteiger partial charge in [-0.25, -0.2) is 23.7 Å². The van der Waals surface area contributed by atoms with Crippen molar-refractivity contribution in [1.82, 2.24) is 19.9 Å². The molecule has 3 aromatic rings. The second-order valence-electron chi connectivity index (χ2n) is 11.6. The molecule has 2 fully saturated rings. The number of piperidine rings is 1. The molecule has 2 aromatic heterocycles. The zero-order chi connectivity index (χ0) is 32.8. The molecule has 2 amide bonds. The number of aromatic nitrogens is 3. The van der Waals surface area contributed by atoms with E-state index in [2.05, 4.69) is 31.7 Å². The Balaban J connectivity index is 1.30. The van der Waals surface area contributed by atoms with Crippen molar-refractivity contribution in [2.75, 3.05) is 22.9 Å². The third-order valence-electron chi connectivity index (χ3n) is 8.37. The number of nitrogens with one attached hydrogen (secondary N) is 3. The van der Waals surface area contributed by atoms with Crippen molar-refractivity contribution in [2.24, 2.45) is 5.92 Å². The summed E-state index contributed by atoms with van der Waals surface area (Å²) in [4.78, 5) is 39.8. The highest BCUT2D eigenvalue weighted by molar-refractivity contribution is 6.16. The topological polar surface area (TPSA) is 174 Å². The van der Waals surface area contributed by atoms with Crippen molar-refractivity contribution in [2.45, 2.75) is 64.0 Å². The van der Waals surface area contributed by atoms with Crippen molar-refractivity contribution < 1.29 is 18.4 Å². The summed E-state index contributed by atoms with van der Waals surface area (Å²) < 4.78 is 28.8. The summed E-state index contributed by atoms with van der Waals surface area (Å²) in [5.74, 6) is -1.59. The van der Waals surface area contributed by atoms with E-state index in [4.69, 9.17) is 11.1 Å². The maximum Gasteiger partial charge on any atom is 0.264 e. The predicted octanol–water partition coefficient (Wildman–Crippen LogP) is 5.22. The third kappa shape index (κ3) is 7.51. The molecule has 2 aliphatic rings. The number of hydrogen-bond acceptors (Lipinski definition) is 9. The van der Waals surface area contributed by atoms with Crippen molar-refractivity contribution in [3.05, 3.63) is 82.8 Å². The molecular formula is C33H35F2N9O2. The highest BCUT2D eigenvalue weighted by Crippen LogP contribution is 2.34. The molecule has 13 heteroatoms. The summed E-state index contributed by atoms with van der Waals surface area (Å²) in [6.45, 7) is 2.38. The monoisotopic (exact) mass is 627 g/mol. The van der Waals surface area contributed by atoms with Gasteiger partial charge in [0.2, 0.25) is 0 Å². The molecule has 1 aromatic carbocycles. The largest absolute Gasteiger partial charge is 0.383 e. The molecule has 1 saturated heterocycles. The van der Waals surface area contributed by atoms with Crippen LogP contribution in [0.1, 0.15) is 73.4 Å². The Labute approximate surface area is 265 Å². The van der Waals surface area contributed by atoms with E-state index < -0.39 is 17.5 Å². The van der Waals surface area contributed by atoms with E-state index in [1.54, 1.807) is 11.0 Å². The van der Waals surface area contributed by atoms with Crippen LogP contribution in [-0.4, -0.2) is 56.0 Å². The Morgan fingerprint density at radius 1 is 1.17 bits per heavy atom. The number of rotatable bonds is 11. The fraction of sp³-hybridized carbons (Fsp3) is 0.364. The molecule has 0 unspecified atom stereocenters. The fourth-order valence-corrected chi connectivity index (χ4v) is 5.60. The number of halogens is 2. The van der Waals surface area contributed by atoms with E-state index in [0.717, 1.165) is 37.0 Å². The number of carbonyl (C=O) groups is 2. The van der Waals surface area contributed by atoms with E-state index in [9.17, 15) is 19.2 Å². The summed E-state index contributed by atoms with van der Waals surface area (Å²) in [6, 6.07) is 7.16. The van der Waals surface area contributed by atoms with Crippen LogP contribution in [0.4, 0.5) is 26.2 Å². The van der Waals surface area contributed by atoms with Gasteiger partial charge in [-0.1, -0.05) is 25.3 Å². The first-order valence-electron chi connectivity index (χ1n) is 15.3. The van der Waals surface area contributed by atoms with Crippen molar-refractivity contribution >= 4 is 35.0 Å². The number of carbonyl (C=O) groups excluding carboxylic acids is 2. The fourth-order valence-electron chi connectivity index (χ4n) is 5.60. The maximum absolute atomic E-state index is 15.4. The molecule has 46 heavy (non-hydrogen) atoms. The van der Waals surface area contributed by atoms with Crippen LogP contribution in [0, 0.1) is 34.3 Å². The smallest absolute Gasteiger partial charge is 0.264 e. The van der Waals surface area contributed by atoms with Gasteiger partial charge in [0.25, 0.3) is 11.8 Å². The van der Waals surface area contributed by atoms with Crippen LogP contribution in [0.25, 0.3) is 0 Å². The number of unbranched alkanes of at least 4 members (excludes halogenated alkanes) is 1. The lowest BCUT2D eigenvalue weighted by molar-refractivity contribution is -0.130. The normalized spacial score (nSPS) is 18.0. The SMILES string of the molecule is C[C@@H]1[C@H](Nc2ncnc(N)c2C(=N)c2ccc(C(=O)Nc3cc(F)ccn3)cc2F)CCCN1C(=O)/C(C#N)=C/CCCC1CC1. The molecule has 1 saturated carbocycles. The van der Waals surface area contributed by atoms with Crippen LogP contribution in [0.15, 0.2) is 54.5 Å². The number of pyridine rings is 1. The zero-order valence-corrected chi connectivity index (χ0v) is 25.4. The minimum absolute atomic E-state index is 0.0342. The Hall–Kier alpha value is -5.25. The summed E-state index contributed by atoms with van der Waals surface area (Å²) in [7, 11) is 0. The van der Waals surface area contributed by atoms with E-state index in [0.29, 0.717) is 25.8 Å². The Kier molecular flexibility index (Phi) is 9.95. The number of nitrogen functional groups attached to an aromatic ring is 1. The van der Waals surface area contributed by atoms with Crippen LogP contribution in [0.2, 0.25) is 0 Å². The molecule has 11 nitrogen and oxygen atoms in total. The molecule has 0 spiro atoms. The van der Waals surface area contributed by atoms with Crippen molar-refractivity contribution in [1.29, 1.82) is 10.7 Å². The number of nitrogens with zero attached hydrogens (tertiary/aromatic N) is 5. The number of anilines is 3. The molecule has 3 heterocycles. The first-order valence-corrected chi connectivity index (χ1v) is 15.3. The van der Waals surface area contributed by atoms with Gasteiger partial charge in [-0.05, 0) is 62.8 Å². The second-order valence-corrected chi connectivity index (χ2v) is 11.6. The van der Waals surface area contributed by atoms with Gasteiger partial charge in [-0.15, -0.1) is 0 Å². The average Bonchev–Trinajstić information content (AvgIpc) is 3.86. The Bertz CT molecular complexity index is 1720. The van der Waals surface area contributed by atoms with Gasteiger partial charge in [-0.3, -0.25) is 15.0 Å². The lowest BCUT2D eigenvalue weighted by Gasteiger charge is -2.40. The van der Waals surface area contributed by atoms with Gasteiger partial charge >= 0.3 is 0 Å². The molecular weight excluding hydrogens is 592 g/mol. The van der Waals surface area contributed by atoms with Crippen LogP contribution < -0.4 is 16.4 Å². The van der Waals surface area contributed by atoms with E-state index >= 15 is 4.39 Å². The zero-order valence-electron chi connectivity index (χ0n) is 25.4. The number of benzene rings is 1. The van der Waals surface area contributed by atoms with Crippen molar-refractivity contribution in [3.63, 3.8) is 0 Å². The molecule has 1 aliphatic heterocycles. The lowest BCUT2D eigenvalue weighted by atomic mass is 9.95. The number of nitriles is 1. The molecule has 1 aliphatic carbocycles. The minimum atomic E-state index is -0.866. The third-order valence-corrected chi connectivity index (χ3v) is 8.37.